The van der Waals surface area contributed by atoms with Crippen molar-refractivity contribution in [2.24, 2.45) is 0 Å². The summed E-state index contributed by atoms with van der Waals surface area (Å²) in [6, 6.07) is 7.01. The maximum Gasteiger partial charge on any atom is 0.208 e. The van der Waals surface area contributed by atoms with Gasteiger partial charge in [0.05, 0.1) is 12.3 Å². The molecule has 1 N–H and O–H groups in total. The number of benzene rings is 1. The number of fused-ring (bicyclic) bond motifs is 2. The van der Waals surface area contributed by atoms with Crippen LogP contribution < -0.4 is 10.1 Å². The summed E-state index contributed by atoms with van der Waals surface area (Å²) >= 11 is 0. The Morgan fingerprint density at radius 3 is 3.04 bits per heavy atom. The molecular weight excluding hydrogens is 357 g/mol. The summed E-state index contributed by atoms with van der Waals surface area (Å²) in [6.07, 6.45) is 7.93. The van der Waals surface area contributed by atoms with Gasteiger partial charge in [0.1, 0.15) is 17.2 Å². The molecule has 0 amide bonds. The molecule has 3 aromatic heterocycles. The Labute approximate surface area is 161 Å². The summed E-state index contributed by atoms with van der Waals surface area (Å²) in [5, 5.41) is 3.27. The molecule has 0 radical (unpaired) electrons. The van der Waals surface area contributed by atoms with Crippen LogP contribution in [0.15, 0.2) is 49.1 Å². The summed E-state index contributed by atoms with van der Waals surface area (Å²) in [6.45, 7) is 2.85. The number of hydrogen-bond donors (Lipinski definition) is 1. The Hall–Kier alpha value is -3.48. The van der Waals surface area contributed by atoms with Crippen molar-refractivity contribution in [3.63, 3.8) is 0 Å². The van der Waals surface area contributed by atoms with E-state index in [1.165, 1.54) is 6.07 Å². The number of aromatic nitrogens is 4. The molecule has 0 aliphatic carbocycles. The molecule has 7 heteroatoms. The van der Waals surface area contributed by atoms with Gasteiger partial charge in [0.25, 0.3) is 0 Å². The first-order chi connectivity index (χ1) is 13.7. The van der Waals surface area contributed by atoms with Crippen molar-refractivity contribution < 1.29 is 9.13 Å². The molecule has 4 aromatic rings. The highest BCUT2D eigenvalue weighted by Crippen LogP contribution is 2.31. The highest BCUT2D eigenvalue weighted by molar-refractivity contribution is 5.77. The molecule has 0 saturated heterocycles. The largest absolute Gasteiger partial charge is 0.493 e. The molecule has 4 heterocycles. The molecular formula is C21H18FN5O. The van der Waals surface area contributed by atoms with Crippen LogP contribution in [0.1, 0.15) is 16.8 Å². The number of rotatable bonds is 4. The predicted octanol–water partition coefficient (Wildman–Crippen LogP) is 3.79. The first kappa shape index (κ1) is 16.7. The van der Waals surface area contributed by atoms with Crippen LogP contribution >= 0.6 is 0 Å². The molecule has 0 atom stereocenters. The molecule has 0 saturated carbocycles. The van der Waals surface area contributed by atoms with Crippen LogP contribution in [0.2, 0.25) is 0 Å². The number of halogens is 1. The van der Waals surface area contributed by atoms with Gasteiger partial charge in [0, 0.05) is 60.0 Å². The van der Waals surface area contributed by atoms with E-state index in [0.717, 1.165) is 40.2 Å². The zero-order valence-electron chi connectivity index (χ0n) is 15.3. The fourth-order valence-corrected chi connectivity index (χ4v) is 3.63. The molecule has 0 fully saturated rings. The van der Waals surface area contributed by atoms with Crippen molar-refractivity contribution in [1.29, 1.82) is 0 Å². The number of nitrogens with one attached hydrogen (secondary N) is 1. The molecule has 1 aromatic carbocycles. The van der Waals surface area contributed by atoms with Crippen molar-refractivity contribution >= 4 is 11.6 Å². The zero-order valence-corrected chi connectivity index (χ0v) is 15.3. The Bertz CT molecular complexity index is 1170. The quantitative estimate of drug-likeness (QED) is 0.588. The second kappa shape index (κ2) is 6.60. The summed E-state index contributed by atoms with van der Waals surface area (Å²) in [7, 11) is 0. The lowest BCUT2D eigenvalue weighted by molar-refractivity contribution is 0.356. The van der Waals surface area contributed by atoms with Gasteiger partial charge in [-0.3, -0.25) is 9.38 Å². The number of aryl methyl sites for hydroxylation is 1. The van der Waals surface area contributed by atoms with Crippen LogP contribution in [0.25, 0.3) is 16.8 Å². The van der Waals surface area contributed by atoms with E-state index in [2.05, 4.69) is 20.3 Å². The van der Waals surface area contributed by atoms with Crippen molar-refractivity contribution in [2.75, 3.05) is 11.9 Å². The molecule has 0 spiro atoms. The topological polar surface area (TPSA) is 64.3 Å². The summed E-state index contributed by atoms with van der Waals surface area (Å²) < 4.78 is 21.9. The number of hydrogen-bond acceptors (Lipinski definition) is 5. The van der Waals surface area contributed by atoms with Gasteiger partial charge in [-0.2, -0.15) is 0 Å². The van der Waals surface area contributed by atoms with Crippen LogP contribution in [0, 0.1) is 12.7 Å². The van der Waals surface area contributed by atoms with Crippen molar-refractivity contribution in [2.45, 2.75) is 19.9 Å². The summed E-state index contributed by atoms with van der Waals surface area (Å²) in [5.74, 6) is 1.14. The smallest absolute Gasteiger partial charge is 0.208 e. The fraction of sp³-hybridized carbons (Fsp3) is 0.190. The van der Waals surface area contributed by atoms with Crippen molar-refractivity contribution in [1.82, 2.24) is 19.4 Å². The van der Waals surface area contributed by atoms with E-state index in [1.54, 1.807) is 24.7 Å². The van der Waals surface area contributed by atoms with Gasteiger partial charge >= 0.3 is 0 Å². The van der Waals surface area contributed by atoms with Gasteiger partial charge < -0.3 is 10.1 Å². The van der Waals surface area contributed by atoms with Gasteiger partial charge in [-0.05, 0) is 25.1 Å². The lowest BCUT2D eigenvalue weighted by atomic mass is 10.0. The zero-order chi connectivity index (χ0) is 19.1. The number of nitrogens with zero attached hydrogens (tertiary/aromatic N) is 4. The predicted molar refractivity (Wildman–Crippen MR) is 104 cm³/mol. The Morgan fingerprint density at radius 2 is 2.18 bits per heavy atom. The Balaban J connectivity index is 1.52. The van der Waals surface area contributed by atoms with E-state index in [1.807, 2.05) is 29.7 Å². The number of pyridine rings is 1. The Kier molecular flexibility index (Phi) is 3.93. The SMILES string of the molecule is Cc1cn2c(NCc3c(F)ccc4c3CCO4)ncc(-c3cccnc3)c2n1. The number of imidazole rings is 1. The summed E-state index contributed by atoms with van der Waals surface area (Å²) in [5.41, 5.74) is 5.05. The van der Waals surface area contributed by atoms with Crippen LogP contribution in [-0.4, -0.2) is 26.0 Å². The molecule has 1 aliphatic rings. The average Bonchev–Trinajstić information content (AvgIpc) is 3.34. The van der Waals surface area contributed by atoms with E-state index < -0.39 is 0 Å². The molecule has 1 aliphatic heterocycles. The van der Waals surface area contributed by atoms with Gasteiger partial charge in [-0.1, -0.05) is 6.07 Å². The lowest BCUT2D eigenvalue weighted by Gasteiger charge is -2.13. The standard InChI is InChI=1S/C21H18FN5O/c1-13-12-27-20(26-13)16(14-3-2-7-23-9-14)10-24-21(27)25-11-17-15-6-8-28-19(15)5-4-18(17)22/h2-5,7,9-10,12H,6,8,11H2,1H3,(H,24,25). The monoisotopic (exact) mass is 375 g/mol. The highest BCUT2D eigenvalue weighted by Gasteiger charge is 2.20. The number of anilines is 1. The summed E-state index contributed by atoms with van der Waals surface area (Å²) in [4.78, 5) is 13.4. The van der Waals surface area contributed by atoms with Gasteiger partial charge in [0.2, 0.25) is 5.95 Å². The molecule has 0 bridgehead atoms. The molecule has 5 rings (SSSR count). The normalized spacial score (nSPS) is 12.8. The third-order valence-electron chi connectivity index (χ3n) is 4.95. The van der Waals surface area contributed by atoms with E-state index >= 15 is 0 Å². The van der Waals surface area contributed by atoms with E-state index in [9.17, 15) is 4.39 Å². The third-order valence-corrected chi connectivity index (χ3v) is 4.95. The van der Waals surface area contributed by atoms with Crippen LogP contribution in [0.3, 0.4) is 0 Å². The molecule has 140 valence electrons. The second-order valence-corrected chi connectivity index (χ2v) is 6.77. The average molecular weight is 375 g/mol. The maximum atomic E-state index is 14.4. The van der Waals surface area contributed by atoms with Crippen LogP contribution in [0.5, 0.6) is 5.75 Å². The second-order valence-electron chi connectivity index (χ2n) is 6.77. The first-order valence-corrected chi connectivity index (χ1v) is 9.13. The molecule has 6 nitrogen and oxygen atoms in total. The van der Waals surface area contributed by atoms with Crippen LogP contribution in [-0.2, 0) is 13.0 Å². The number of ether oxygens (including phenoxy) is 1. The van der Waals surface area contributed by atoms with Crippen molar-refractivity contribution in [3.8, 4) is 16.9 Å². The third kappa shape index (κ3) is 2.76. The maximum absolute atomic E-state index is 14.4. The fourth-order valence-electron chi connectivity index (χ4n) is 3.63. The van der Waals surface area contributed by atoms with E-state index in [0.29, 0.717) is 24.7 Å². The highest BCUT2D eigenvalue weighted by atomic mass is 19.1. The minimum Gasteiger partial charge on any atom is -0.493 e. The first-order valence-electron chi connectivity index (χ1n) is 9.13. The minimum absolute atomic E-state index is 0.234. The minimum atomic E-state index is -0.234. The molecule has 0 unspecified atom stereocenters. The Morgan fingerprint density at radius 1 is 1.25 bits per heavy atom. The van der Waals surface area contributed by atoms with Gasteiger partial charge in [-0.25, -0.2) is 14.4 Å². The van der Waals surface area contributed by atoms with Gasteiger partial charge in [0.15, 0.2) is 0 Å². The molecule has 28 heavy (non-hydrogen) atoms. The van der Waals surface area contributed by atoms with Crippen molar-refractivity contribution in [3.05, 3.63) is 71.7 Å². The lowest BCUT2D eigenvalue weighted by Crippen LogP contribution is -2.09. The van der Waals surface area contributed by atoms with Crippen LogP contribution in [0.4, 0.5) is 10.3 Å². The van der Waals surface area contributed by atoms with E-state index in [-0.39, 0.29) is 5.82 Å². The van der Waals surface area contributed by atoms with E-state index in [4.69, 9.17) is 4.74 Å². The van der Waals surface area contributed by atoms with Gasteiger partial charge in [-0.15, -0.1) is 0 Å².